The quantitative estimate of drug-likeness (QED) is 0.327. The topological polar surface area (TPSA) is 43.4 Å². The SMILES string of the molecule is CCCCCC=C(C)C(=O)OC(=O)C(F)(F)F. The molecule has 0 aromatic carbocycles. The fraction of sp³-hybridized carbons (Fsp3) is 0.636. The molecule has 0 aromatic heterocycles. The summed E-state index contributed by atoms with van der Waals surface area (Å²) >= 11 is 0. The van der Waals surface area contributed by atoms with Crippen molar-refractivity contribution in [1.82, 2.24) is 0 Å². The van der Waals surface area contributed by atoms with Gasteiger partial charge in [-0.1, -0.05) is 25.8 Å². The Hall–Kier alpha value is -1.33. The number of alkyl halides is 3. The van der Waals surface area contributed by atoms with Crippen LogP contribution in [-0.4, -0.2) is 18.1 Å². The van der Waals surface area contributed by atoms with Gasteiger partial charge in [-0.2, -0.15) is 13.2 Å². The molecule has 0 amide bonds. The summed E-state index contributed by atoms with van der Waals surface area (Å²) in [4.78, 5) is 21.4. The van der Waals surface area contributed by atoms with E-state index in [9.17, 15) is 22.8 Å². The molecule has 0 saturated heterocycles. The molecule has 0 N–H and O–H groups in total. The number of allylic oxidation sites excluding steroid dienone is 1. The van der Waals surface area contributed by atoms with Gasteiger partial charge in [0.25, 0.3) is 0 Å². The van der Waals surface area contributed by atoms with E-state index in [2.05, 4.69) is 4.74 Å². The minimum absolute atomic E-state index is 0.0127. The molecule has 0 unspecified atom stereocenters. The minimum Gasteiger partial charge on any atom is -0.383 e. The van der Waals surface area contributed by atoms with Crippen molar-refractivity contribution >= 4 is 11.9 Å². The van der Waals surface area contributed by atoms with Crippen molar-refractivity contribution in [3.8, 4) is 0 Å². The number of unbranched alkanes of at least 4 members (excludes halogenated alkanes) is 3. The molecular formula is C11H15F3O3. The second-order valence-corrected chi connectivity index (χ2v) is 3.56. The number of carbonyl (C=O) groups excluding carboxylic acids is 2. The fourth-order valence-electron chi connectivity index (χ4n) is 1.02. The summed E-state index contributed by atoms with van der Waals surface area (Å²) in [6.45, 7) is 3.32. The molecule has 0 fully saturated rings. The zero-order valence-corrected chi connectivity index (χ0v) is 9.76. The Bertz CT molecular complexity index is 306. The Kier molecular flexibility index (Phi) is 6.53. The van der Waals surface area contributed by atoms with E-state index in [-0.39, 0.29) is 5.57 Å². The maximum absolute atomic E-state index is 11.8. The third kappa shape index (κ3) is 6.76. The molecule has 0 saturated carbocycles. The minimum atomic E-state index is -5.14. The Balaban J connectivity index is 4.18. The smallest absolute Gasteiger partial charge is 0.383 e. The van der Waals surface area contributed by atoms with Gasteiger partial charge < -0.3 is 4.74 Å². The molecule has 0 aliphatic rings. The average molecular weight is 252 g/mol. The van der Waals surface area contributed by atoms with E-state index in [0.717, 1.165) is 19.3 Å². The number of halogens is 3. The lowest BCUT2D eigenvalue weighted by molar-refractivity contribution is -0.200. The summed E-state index contributed by atoms with van der Waals surface area (Å²) in [7, 11) is 0. The van der Waals surface area contributed by atoms with Gasteiger partial charge in [0.05, 0.1) is 0 Å². The second-order valence-electron chi connectivity index (χ2n) is 3.56. The van der Waals surface area contributed by atoms with Gasteiger partial charge in [-0.25, -0.2) is 9.59 Å². The summed E-state index contributed by atoms with van der Waals surface area (Å²) in [5.41, 5.74) is 0.0127. The van der Waals surface area contributed by atoms with E-state index in [1.807, 2.05) is 6.92 Å². The van der Waals surface area contributed by atoms with Gasteiger partial charge in [0.15, 0.2) is 0 Å². The van der Waals surface area contributed by atoms with Crippen LogP contribution in [0.1, 0.15) is 39.5 Å². The summed E-state index contributed by atoms with van der Waals surface area (Å²) < 4.78 is 39.0. The van der Waals surface area contributed by atoms with Gasteiger partial charge in [0.1, 0.15) is 0 Å². The van der Waals surface area contributed by atoms with E-state index >= 15 is 0 Å². The molecule has 0 radical (unpaired) electrons. The molecule has 0 heterocycles. The summed E-state index contributed by atoms with van der Waals surface area (Å²) in [5.74, 6) is -3.73. The molecule has 17 heavy (non-hydrogen) atoms. The first-order valence-corrected chi connectivity index (χ1v) is 5.29. The lowest BCUT2D eigenvalue weighted by Gasteiger charge is -2.05. The molecule has 6 heteroatoms. The first-order chi connectivity index (χ1) is 7.79. The molecule has 0 spiro atoms. The Labute approximate surface area is 97.6 Å². The Morgan fingerprint density at radius 2 is 1.82 bits per heavy atom. The number of rotatable bonds is 5. The molecule has 0 bridgehead atoms. The molecular weight excluding hydrogens is 237 g/mol. The highest BCUT2D eigenvalue weighted by Crippen LogP contribution is 2.17. The monoisotopic (exact) mass is 252 g/mol. The van der Waals surface area contributed by atoms with Crippen LogP contribution in [0.5, 0.6) is 0 Å². The van der Waals surface area contributed by atoms with Crippen molar-refractivity contribution in [1.29, 1.82) is 0 Å². The van der Waals surface area contributed by atoms with Crippen molar-refractivity contribution in [2.45, 2.75) is 45.7 Å². The normalized spacial score (nSPS) is 12.4. The van der Waals surface area contributed by atoms with E-state index in [0.29, 0.717) is 6.42 Å². The van der Waals surface area contributed by atoms with Crippen LogP contribution in [0.3, 0.4) is 0 Å². The van der Waals surface area contributed by atoms with Crippen molar-refractivity contribution in [3.05, 3.63) is 11.6 Å². The van der Waals surface area contributed by atoms with E-state index < -0.39 is 18.1 Å². The van der Waals surface area contributed by atoms with Crippen molar-refractivity contribution in [3.63, 3.8) is 0 Å². The lowest BCUT2D eigenvalue weighted by Crippen LogP contribution is -2.28. The molecule has 0 atom stereocenters. The van der Waals surface area contributed by atoms with E-state index in [1.54, 1.807) is 0 Å². The Morgan fingerprint density at radius 1 is 1.24 bits per heavy atom. The largest absolute Gasteiger partial charge is 0.491 e. The number of carbonyl (C=O) groups is 2. The molecule has 98 valence electrons. The third-order valence-corrected chi connectivity index (χ3v) is 2.00. The maximum atomic E-state index is 11.8. The number of hydrogen-bond donors (Lipinski definition) is 0. The molecule has 3 nitrogen and oxygen atoms in total. The first kappa shape index (κ1) is 15.7. The zero-order valence-electron chi connectivity index (χ0n) is 9.76. The zero-order chi connectivity index (χ0) is 13.5. The highest BCUT2D eigenvalue weighted by molar-refractivity contribution is 5.97. The summed E-state index contributed by atoms with van der Waals surface area (Å²) in [5, 5.41) is 0. The first-order valence-electron chi connectivity index (χ1n) is 5.29. The van der Waals surface area contributed by atoms with Gasteiger partial charge in [-0.15, -0.1) is 0 Å². The highest BCUT2D eigenvalue weighted by Gasteiger charge is 2.42. The predicted octanol–water partition coefficient (Wildman–Crippen LogP) is 3.15. The number of hydrogen-bond acceptors (Lipinski definition) is 3. The van der Waals surface area contributed by atoms with Crippen molar-refractivity contribution < 1.29 is 27.5 Å². The van der Waals surface area contributed by atoms with Crippen LogP contribution in [0.15, 0.2) is 11.6 Å². The lowest BCUT2D eigenvalue weighted by atomic mass is 10.1. The molecule has 0 aromatic rings. The van der Waals surface area contributed by atoms with Crippen LogP contribution in [0, 0.1) is 0 Å². The van der Waals surface area contributed by atoms with Gasteiger partial charge in [0, 0.05) is 5.57 Å². The van der Waals surface area contributed by atoms with Crippen LogP contribution < -0.4 is 0 Å². The van der Waals surface area contributed by atoms with Crippen LogP contribution in [-0.2, 0) is 14.3 Å². The second kappa shape index (κ2) is 7.09. The Morgan fingerprint density at radius 3 is 2.29 bits per heavy atom. The highest BCUT2D eigenvalue weighted by atomic mass is 19.4. The fourth-order valence-corrected chi connectivity index (χ4v) is 1.02. The van der Waals surface area contributed by atoms with Crippen molar-refractivity contribution in [2.24, 2.45) is 0 Å². The molecule has 0 aliphatic carbocycles. The number of esters is 2. The van der Waals surface area contributed by atoms with Crippen LogP contribution in [0.25, 0.3) is 0 Å². The van der Waals surface area contributed by atoms with E-state index in [4.69, 9.17) is 0 Å². The molecule has 0 aliphatic heterocycles. The van der Waals surface area contributed by atoms with Crippen LogP contribution in [0.4, 0.5) is 13.2 Å². The van der Waals surface area contributed by atoms with Gasteiger partial charge in [0.2, 0.25) is 0 Å². The van der Waals surface area contributed by atoms with Crippen molar-refractivity contribution in [2.75, 3.05) is 0 Å². The summed E-state index contributed by atoms with van der Waals surface area (Å²) in [6, 6.07) is 0. The average Bonchev–Trinajstić information content (AvgIpc) is 2.22. The van der Waals surface area contributed by atoms with Crippen LogP contribution in [0.2, 0.25) is 0 Å². The van der Waals surface area contributed by atoms with Gasteiger partial charge >= 0.3 is 18.1 Å². The number of ether oxygens (including phenoxy) is 1. The predicted molar refractivity (Wildman–Crippen MR) is 55.1 cm³/mol. The maximum Gasteiger partial charge on any atom is 0.491 e. The molecule has 0 rings (SSSR count). The van der Waals surface area contributed by atoms with E-state index in [1.165, 1.54) is 13.0 Å². The summed E-state index contributed by atoms with van der Waals surface area (Å²) in [6.07, 6.45) is -0.271. The van der Waals surface area contributed by atoms with Gasteiger partial charge in [-0.05, 0) is 19.8 Å². The van der Waals surface area contributed by atoms with Gasteiger partial charge in [-0.3, -0.25) is 0 Å². The third-order valence-electron chi connectivity index (χ3n) is 2.00. The standard InChI is InChI=1S/C11H15F3O3/c1-3-4-5-6-7-8(2)9(15)17-10(16)11(12,13)14/h7H,3-6H2,1-2H3. The van der Waals surface area contributed by atoms with Crippen LogP contribution >= 0.6 is 0 Å².